The first-order valence-electron chi connectivity index (χ1n) is 5.12. The number of nitrogens with one attached hydrogen (secondary N) is 1. The lowest BCUT2D eigenvalue weighted by molar-refractivity contribution is -0.0460. The maximum absolute atomic E-state index is 12.0. The van der Waals surface area contributed by atoms with Crippen molar-refractivity contribution in [3.05, 3.63) is 15.9 Å². The molecule has 5 nitrogen and oxygen atoms in total. The third-order valence-electron chi connectivity index (χ3n) is 2.39. The van der Waals surface area contributed by atoms with Crippen molar-refractivity contribution in [1.29, 1.82) is 0 Å². The molecular weight excluding hydrogens is 342 g/mol. The summed E-state index contributed by atoms with van der Waals surface area (Å²) in [4.78, 5) is 0. The van der Waals surface area contributed by atoms with Crippen molar-refractivity contribution in [2.24, 2.45) is 0 Å². The van der Waals surface area contributed by atoms with E-state index in [9.17, 15) is 8.42 Å². The van der Waals surface area contributed by atoms with Crippen molar-refractivity contribution < 1.29 is 17.9 Å². The minimum absolute atomic E-state index is 0.148. The van der Waals surface area contributed by atoms with Crippen LogP contribution in [0.5, 0.6) is 0 Å². The van der Waals surface area contributed by atoms with Gasteiger partial charge in [-0.2, -0.15) is 0 Å². The second-order valence-corrected chi connectivity index (χ2v) is 8.43. The van der Waals surface area contributed by atoms with Gasteiger partial charge in [-0.25, -0.2) is 13.1 Å². The molecule has 1 rings (SSSR count). The highest BCUT2D eigenvalue weighted by atomic mass is 79.9. The van der Waals surface area contributed by atoms with E-state index in [0.717, 1.165) is 15.1 Å². The summed E-state index contributed by atoms with van der Waals surface area (Å²) in [7, 11) is -0.431. The van der Waals surface area contributed by atoms with E-state index in [1.807, 2.05) is 0 Å². The monoisotopic (exact) mass is 357 g/mol. The molecule has 18 heavy (non-hydrogen) atoms. The number of ether oxygens (including phenoxy) is 2. The molecule has 0 spiro atoms. The number of methoxy groups -OCH3 is 2. The number of sulfonamides is 1. The third kappa shape index (κ3) is 4.29. The molecule has 0 fully saturated rings. The zero-order valence-corrected chi connectivity index (χ0v) is 13.6. The smallest absolute Gasteiger partial charge is 0.250 e. The van der Waals surface area contributed by atoms with Gasteiger partial charge >= 0.3 is 0 Å². The summed E-state index contributed by atoms with van der Waals surface area (Å²) in [6.07, 6.45) is 0. The van der Waals surface area contributed by atoms with E-state index < -0.39 is 15.6 Å². The fraction of sp³-hybridized carbons (Fsp3) is 0.600. The highest BCUT2D eigenvalue weighted by molar-refractivity contribution is 9.11. The van der Waals surface area contributed by atoms with Crippen LogP contribution in [0.3, 0.4) is 0 Å². The minimum atomic E-state index is -3.50. The van der Waals surface area contributed by atoms with Gasteiger partial charge in [-0.15, -0.1) is 11.3 Å². The van der Waals surface area contributed by atoms with Crippen LogP contribution in [0.1, 0.15) is 6.92 Å². The van der Waals surface area contributed by atoms with Gasteiger partial charge in [0.25, 0.3) is 0 Å². The molecule has 104 valence electrons. The summed E-state index contributed by atoms with van der Waals surface area (Å²) < 4.78 is 37.8. The highest BCUT2D eigenvalue weighted by Crippen LogP contribution is 2.26. The van der Waals surface area contributed by atoms with E-state index >= 15 is 0 Å². The Balaban J connectivity index is 2.73. The summed E-state index contributed by atoms with van der Waals surface area (Å²) in [6.45, 7) is 2.23. The second kappa shape index (κ2) is 6.44. The Labute approximate surface area is 120 Å². The Morgan fingerprint density at radius 1 is 1.44 bits per heavy atom. The first-order valence-corrected chi connectivity index (χ1v) is 8.21. The SMILES string of the molecule is COCC(C)(CNS(=O)(=O)c1ccc(Br)s1)OC. The molecular formula is C10H16BrNO4S2. The quantitative estimate of drug-likeness (QED) is 0.808. The van der Waals surface area contributed by atoms with Gasteiger partial charge in [0.2, 0.25) is 10.0 Å². The van der Waals surface area contributed by atoms with E-state index in [2.05, 4.69) is 20.7 Å². The first-order chi connectivity index (χ1) is 8.33. The van der Waals surface area contributed by atoms with Gasteiger partial charge in [0.1, 0.15) is 9.81 Å². The number of halogens is 1. The number of thiophene rings is 1. The second-order valence-electron chi connectivity index (χ2n) is 3.97. The van der Waals surface area contributed by atoms with Crippen molar-refractivity contribution >= 4 is 37.3 Å². The van der Waals surface area contributed by atoms with Crippen molar-refractivity contribution in [3.63, 3.8) is 0 Å². The molecule has 0 aromatic carbocycles. The van der Waals surface area contributed by atoms with Crippen molar-refractivity contribution in [1.82, 2.24) is 4.72 Å². The minimum Gasteiger partial charge on any atom is -0.382 e. The Kier molecular flexibility index (Phi) is 5.75. The van der Waals surface area contributed by atoms with Gasteiger partial charge < -0.3 is 9.47 Å². The molecule has 0 bridgehead atoms. The summed E-state index contributed by atoms with van der Waals surface area (Å²) in [5.41, 5.74) is -0.684. The van der Waals surface area contributed by atoms with Crippen LogP contribution in [-0.4, -0.2) is 41.4 Å². The lowest BCUT2D eigenvalue weighted by Gasteiger charge is -2.27. The predicted molar refractivity (Wildman–Crippen MR) is 74.5 cm³/mol. The predicted octanol–water partition coefficient (Wildman–Crippen LogP) is 1.84. The van der Waals surface area contributed by atoms with Gasteiger partial charge in [0.15, 0.2) is 0 Å². The summed E-state index contributed by atoms with van der Waals surface area (Å²) in [5, 5.41) is 0. The lowest BCUT2D eigenvalue weighted by Crippen LogP contribution is -2.45. The molecule has 1 unspecified atom stereocenters. The maximum atomic E-state index is 12.0. The molecule has 0 aliphatic heterocycles. The zero-order chi connectivity index (χ0) is 13.8. The Bertz CT molecular complexity index is 488. The average molecular weight is 358 g/mol. The molecule has 0 aliphatic rings. The molecule has 0 saturated heterocycles. The van der Waals surface area contributed by atoms with Gasteiger partial charge in [-0.1, -0.05) is 0 Å². The molecule has 0 aliphatic carbocycles. The van der Waals surface area contributed by atoms with Gasteiger partial charge in [0.05, 0.1) is 10.4 Å². The van der Waals surface area contributed by atoms with Crippen LogP contribution in [0.15, 0.2) is 20.1 Å². The average Bonchev–Trinajstić information content (AvgIpc) is 2.75. The highest BCUT2D eigenvalue weighted by Gasteiger charge is 2.27. The molecule has 1 aromatic rings. The third-order valence-corrected chi connectivity index (χ3v) is 5.91. The molecule has 0 amide bonds. The maximum Gasteiger partial charge on any atom is 0.250 e. The Morgan fingerprint density at radius 3 is 2.56 bits per heavy atom. The van der Waals surface area contributed by atoms with Crippen molar-refractivity contribution in [2.75, 3.05) is 27.4 Å². The van der Waals surface area contributed by atoms with Crippen molar-refractivity contribution in [2.45, 2.75) is 16.7 Å². The van der Waals surface area contributed by atoms with Crippen LogP contribution >= 0.6 is 27.3 Å². The van der Waals surface area contributed by atoms with E-state index in [1.165, 1.54) is 7.11 Å². The van der Waals surface area contributed by atoms with E-state index in [-0.39, 0.29) is 10.8 Å². The van der Waals surface area contributed by atoms with Crippen molar-refractivity contribution in [3.8, 4) is 0 Å². The van der Waals surface area contributed by atoms with Crippen LogP contribution in [0.4, 0.5) is 0 Å². The van der Waals surface area contributed by atoms with E-state index in [4.69, 9.17) is 9.47 Å². The van der Waals surface area contributed by atoms with Gasteiger partial charge in [-0.05, 0) is 35.0 Å². The molecule has 1 aromatic heterocycles. The molecule has 8 heteroatoms. The Hall–Kier alpha value is 0.01000. The largest absolute Gasteiger partial charge is 0.382 e. The Morgan fingerprint density at radius 2 is 2.11 bits per heavy atom. The van der Waals surface area contributed by atoms with Crippen LogP contribution in [0, 0.1) is 0 Å². The molecule has 1 N–H and O–H groups in total. The first kappa shape index (κ1) is 16.1. The van der Waals surface area contributed by atoms with Crippen LogP contribution in [0.25, 0.3) is 0 Å². The summed E-state index contributed by atoms with van der Waals surface area (Å²) >= 11 is 4.40. The molecule has 0 saturated carbocycles. The molecule has 0 radical (unpaired) electrons. The van der Waals surface area contributed by atoms with Crippen LogP contribution in [0.2, 0.25) is 0 Å². The lowest BCUT2D eigenvalue weighted by atomic mass is 10.1. The van der Waals surface area contributed by atoms with Crippen LogP contribution in [-0.2, 0) is 19.5 Å². The summed E-state index contributed by atoms with van der Waals surface area (Å²) in [6, 6.07) is 3.25. The number of rotatable bonds is 7. The number of hydrogen-bond acceptors (Lipinski definition) is 5. The normalized spacial score (nSPS) is 15.6. The molecule has 1 heterocycles. The number of hydrogen-bond donors (Lipinski definition) is 1. The summed E-state index contributed by atoms with van der Waals surface area (Å²) in [5.74, 6) is 0. The fourth-order valence-corrected chi connectivity index (χ4v) is 4.46. The fourth-order valence-electron chi connectivity index (χ4n) is 1.25. The van der Waals surface area contributed by atoms with Crippen LogP contribution < -0.4 is 4.72 Å². The topological polar surface area (TPSA) is 64.6 Å². The van der Waals surface area contributed by atoms with E-state index in [1.54, 1.807) is 26.2 Å². The standard InChI is InChI=1S/C10H16BrNO4S2/c1-10(16-3,7-15-2)6-12-18(13,14)9-5-4-8(11)17-9/h4-5,12H,6-7H2,1-3H3. The molecule has 1 atom stereocenters. The van der Waals surface area contributed by atoms with Gasteiger partial charge in [-0.3, -0.25) is 0 Å². The zero-order valence-electron chi connectivity index (χ0n) is 10.4. The van der Waals surface area contributed by atoms with Gasteiger partial charge in [0, 0.05) is 20.8 Å². The van der Waals surface area contributed by atoms with E-state index in [0.29, 0.717) is 6.61 Å².